The number of halogens is 1. The van der Waals surface area contributed by atoms with Crippen LogP contribution in [0.25, 0.3) is 10.8 Å². The lowest BCUT2D eigenvalue weighted by atomic mass is 9.89. The van der Waals surface area contributed by atoms with E-state index >= 15 is 0 Å². The first-order valence-corrected chi connectivity index (χ1v) is 12.2. The van der Waals surface area contributed by atoms with Crippen LogP contribution in [-0.2, 0) is 13.0 Å². The molecule has 2 atom stereocenters. The molecular weight excluding hydrogens is 438 g/mol. The molecule has 0 aliphatic carbocycles. The van der Waals surface area contributed by atoms with Gasteiger partial charge in [-0.15, -0.1) is 0 Å². The SMILES string of the molecule is N#Cc1ccc2ccc(CN(CC3CNCC3Cc3ccccc3)c3ccc(Cl)cc3)cc2c1. The number of hydrogen-bond acceptors (Lipinski definition) is 3. The lowest BCUT2D eigenvalue weighted by Gasteiger charge is -2.30. The molecule has 0 spiro atoms. The van der Waals surface area contributed by atoms with Crippen molar-refractivity contribution in [2.75, 3.05) is 24.5 Å². The molecule has 4 aromatic rings. The van der Waals surface area contributed by atoms with Crippen LogP contribution in [0.4, 0.5) is 5.69 Å². The topological polar surface area (TPSA) is 39.1 Å². The number of benzene rings is 4. The predicted molar refractivity (Wildman–Crippen MR) is 141 cm³/mol. The van der Waals surface area contributed by atoms with Gasteiger partial charge in [0.15, 0.2) is 0 Å². The third-order valence-electron chi connectivity index (χ3n) is 6.87. The maximum atomic E-state index is 9.30. The van der Waals surface area contributed by atoms with Crippen molar-refractivity contribution in [2.24, 2.45) is 11.8 Å². The largest absolute Gasteiger partial charge is 0.367 e. The van der Waals surface area contributed by atoms with Crippen LogP contribution in [0.1, 0.15) is 16.7 Å². The Morgan fingerprint density at radius 2 is 1.59 bits per heavy atom. The minimum absolute atomic E-state index is 0.557. The Bertz CT molecular complexity index is 1290. The Balaban J connectivity index is 1.40. The molecule has 2 unspecified atom stereocenters. The number of hydrogen-bond donors (Lipinski definition) is 1. The first kappa shape index (κ1) is 22.5. The summed E-state index contributed by atoms with van der Waals surface area (Å²) < 4.78 is 0. The van der Waals surface area contributed by atoms with E-state index in [1.54, 1.807) is 0 Å². The van der Waals surface area contributed by atoms with Gasteiger partial charge in [0.2, 0.25) is 0 Å². The number of fused-ring (bicyclic) bond motifs is 1. The van der Waals surface area contributed by atoms with Gasteiger partial charge in [0.1, 0.15) is 0 Å². The molecule has 1 heterocycles. The zero-order valence-corrected chi connectivity index (χ0v) is 19.9. The van der Waals surface area contributed by atoms with E-state index in [9.17, 15) is 5.26 Å². The second-order valence-corrected chi connectivity index (χ2v) is 9.67. The second-order valence-electron chi connectivity index (χ2n) is 9.23. The highest BCUT2D eigenvalue weighted by Crippen LogP contribution is 2.28. The fourth-order valence-corrected chi connectivity index (χ4v) is 5.16. The molecule has 0 amide bonds. The van der Waals surface area contributed by atoms with Crippen molar-refractivity contribution < 1.29 is 0 Å². The van der Waals surface area contributed by atoms with Crippen LogP contribution in [0.3, 0.4) is 0 Å². The number of nitrogens with zero attached hydrogens (tertiary/aromatic N) is 2. The smallest absolute Gasteiger partial charge is 0.0991 e. The zero-order chi connectivity index (χ0) is 23.3. The van der Waals surface area contributed by atoms with Crippen molar-refractivity contribution in [3.8, 4) is 6.07 Å². The van der Waals surface area contributed by atoms with Crippen LogP contribution in [0.5, 0.6) is 0 Å². The molecule has 0 radical (unpaired) electrons. The molecular formula is C30H28ClN3. The van der Waals surface area contributed by atoms with Crippen LogP contribution in [0, 0.1) is 23.2 Å². The summed E-state index contributed by atoms with van der Waals surface area (Å²) in [6.07, 6.45) is 1.10. The van der Waals surface area contributed by atoms with Gasteiger partial charge in [0, 0.05) is 23.8 Å². The summed E-state index contributed by atoms with van der Waals surface area (Å²) in [6.45, 7) is 3.87. The Labute approximate surface area is 206 Å². The van der Waals surface area contributed by atoms with Gasteiger partial charge in [-0.3, -0.25) is 0 Å². The van der Waals surface area contributed by atoms with Gasteiger partial charge in [-0.2, -0.15) is 5.26 Å². The third kappa shape index (κ3) is 5.25. The van der Waals surface area contributed by atoms with Crippen molar-refractivity contribution in [1.82, 2.24) is 5.32 Å². The van der Waals surface area contributed by atoms with E-state index < -0.39 is 0 Å². The second kappa shape index (κ2) is 10.3. The summed E-state index contributed by atoms with van der Waals surface area (Å²) in [5.74, 6) is 1.16. The fourth-order valence-electron chi connectivity index (χ4n) is 5.04. The Kier molecular flexibility index (Phi) is 6.81. The molecule has 4 aromatic carbocycles. The van der Waals surface area contributed by atoms with E-state index in [1.165, 1.54) is 16.8 Å². The quantitative estimate of drug-likeness (QED) is 0.341. The number of rotatable bonds is 7. The predicted octanol–water partition coefficient (Wildman–Crippen LogP) is 6.45. The van der Waals surface area contributed by atoms with Crippen molar-refractivity contribution in [3.63, 3.8) is 0 Å². The van der Waals surface area contributed by atoms with Crippen molar-refractivity contribution >= 4 is 28.1 Å². The molecule has 0 saturated carbocycles. The summed E-state index contributed by atoms with van der Waals surface area (Å²) in [5, 5.41) is 15.9. The van der Waals surface area contributed by atoms with Crippen LogP contribution >= 0.6 is 11.6 Å². The molecule has 1 saturated heterocycles. The normalized spacial score (nSPS) is 17.5. The zero-order valence-electron chi connectivity index (χ0n) is 19.1. The molecule has 3 nitrogen and oxygen atoms in total. The van der Waals surface area contributed by atoms with Gasteiger partial charge in [0.05, 0.1) is 11.6 Å². The van der Waals surface area contributed by atoms with Gasteiger partial charge in [-0.05, 0) is 95.7 Å². The minimum Gasteiger partial charge on any atom is -0.367 e. The lowest BCUT2D eigenvalue weighted by molar-refractivity contribution is 0.413. The van der Waals surface area contributed by atoms with E-state index in [-0.39, 0.29) is 0 Å². The first-order chi connectivity index (χ1) is 16.7. The Hall–Kier alpha value is -3.32. The van der Waals surface area contributed by atoms with E-state index in [1.807, 2.05) is 30.3 Å². The van der Waals surface area contributed by atoms with Crippen LogP contribution < -0.4 is 10.2 Å². The highest BCUT2D eigenvalue weighted by molar-refractivity contribution is 6.30. The number of nitriles is 1. The molecule has 34 heavy (non-hydrogen) atoms. The van der Waals surface area contributed by atoms with E-state index in [0.717, 1.165) is 48.4 Å². The molecule has 1 N–H and O–H groups in total. The molecule has 170 valence electrons. The summed E-state index contributed by atoms with van der Waals surface area (Å²) in [5.41, 5.74) is 4.52. The summed E-state index contributed by atoms with van der Waals surface area (Å²) >= 11 is 6.20. The van der Waals surface area contributed by atoms with E-state index in [4.69, 9.17) is 11.6 Å². The molecule has 5 rings (SSSR count). The Morgan fingerprint density at radius 3 is 2.38 bits per heavy atom. The summed E-state index contributed by atoms with van der Waals surface area (Å²) in [6, 6.07) is 33.7. The molecule has 1 aliphatic rings. The maximum Gasteiger partial charge on any atom is 0.0991 e. The van der Waals surface area contributed by atoms with Crippen molar-refractivity contribution in [1.29, 1.82) is 5.26 Å². The van der Waals surface area contributed by atoms with Gasteiger partial charge in [-0.25, -0.2) is 0 Å². The number of nitrogens with one attached hydrogen (secondary N) is 1. The monoisotopic (exact) mass is 465 g/mol. The van der Waals surface area contributed by atoms with E-state index in [0.29, 0.717) is 17.4 Å². The minimum atomic E-state index is 0.557. The average molecular weight is 466 g/mol. The molecule has 1 aliphatic heterocycles. The van der Waals surface area contributed by atoms with Crippen LogP contribution in [0.2, 0.25) is 5.02 Å². The first-order valence-electron chi connectivity index (χ1n) is 11.9. The summed E-state index contributed by atoms with van der Waals surface area (Å²) in [7, 11) is 0. The highest BCUT2D eigenvalue weighted by Gasteiger charge is 2.29. The van der Waals surface area contributed by atoms with Crippen LogP contribution in [0.15, 0.2) is 91.0 Å². The molecule has 1 fully saturated rings. The van der Waals surface area contributed by atoms with Crippen LogP contribution in [-0.4, -0.2) is 19.6 Å². The summed E-state index contributed by atoms with van der Waals surface area (Å²) in [4.78, 5) is 2.47. The van der Waals surface area contributed by atoms with Gasteiger partial charge < -0.3 is 10.2 Å². The van der Waals surface area contributed by atoms with Crippen molar-refractivity contribution in [2.45, 2.75) is 13.0 Å². The Morgan fingerprint density at radius 1 is 0.824 bits per heavy atom. The van der Waals surface area contributed by atoms with Crippen molar-refractivity contribution in [3.05, 3.63) is 113 Å². The average Bonchev–Trinajstić information content (AvgIpc) is 3.30. The van der Waals surface area contributed by atoms with Gasteiger partial charge in [0.25, 0.3) is 0 Å². The third-order valence-corrected chi connectivity index (χ3v) is 7.13. The fraction of sp³-hybridized carbons (Fsp3) is 0.233. The molecule has 0 bridgehead atoms. The van der Waals surface area contributed by atoms with E-state index in [2.05, 4.69) is 76.9 Å². The molecule has 0 aromatic heterocycles. The number of anilines is 1. The lowest BCUT2D eigenvalue weighted by Crippen LogP contribution is -2.33. The maximum absolute atomic E-state index is 9.30. The van der Waals surface area contributed by atoms with Gasteiger partial charge >= 0.3 is 0 Å². The highest BCUT2D eigenvalue weighted by atomic mass is 35.5. The molecule has 4 heteroatoms. The van der Waals surface area contributed by atoms with Gasteiger partial charge in [-0.1, -0.05) is 60.1 Å². The standard InChI is InChI=1S/C30H28ClN3/c31-29-10-12-30(13-11-29)34(20-24-7-9-25-8-6-23(17-32)15-26(25)16-24)21-28-19-33-18-27(28)14-22-4-2-1-3-5-22/h1-13,15-16,27-28,33H,14,18-21H2.